The van der Waals surface area contributed by atoms with Gasteiger partial charge in [-0.1, -0.05) is 42.5 Å². The number of benzene rings is 2. The van der Waals surface area contributed by atoms with Crippen molar-refractivity contribution in [3.63, 3.8) is 0 Å². The van der Waals surface area contributed by atoms with Gasteiger partial charge in [0, 0.05) is 5.56 Å². The van der Waals surface area contributed by atoms with E-state index in [1.165, 1.54) is 0 Å². The van der Waals surface area contributed by atoms with Gasteiger partial charge in [0.1, 0.15) is 6.29 Å². The molecule has 0 unspecified atom stereocenters. The second-order valence-corrected chi connectivity index (χ2v) is 3.86. The molecular formula is C16H11NO. The summed E-state index contributed by atoms with van der Waals surface area (Å²) in [5.74, 6) is 0. The van der Waals surface area contributed by atoms with Crippen molar-refractivity contribution in [1.29, 1.82) is 5.26 Å². The lowest BCUT2D eigenvalue weighted by atomic mass is 10.1. The van der Waals surface area contributed by atoms with Gasteiger partial charge in [-0.2, -0.15) is 5.26 Å². The molecule has 0 saturated heterocycles. The van der Waals surface area contributed by atoms with E-state index in [1.807, 2.05) is 42.5 Å². The molecule has 86 valence electrons. The minimum Gasteiger partial charge on any atom is -0.298 e. The number of nitrogens with zero attached hydrogens (tertiary/aromatic N) is 1. The zero-order valence-corrected chi connectivity index (χ0v) is 9.71. The summed E-state index contributed by atoms with van der Waals surface area (Å²) in [6, 6.07) is 16.8. The average Bonchev–Trinajstić information content (AvgIpc) is 2.46. The third kappa shape index (κ3) is 2.93. The first-order valence-electron chi connectivity index (χ1n) is 5.55. The van der Waals surface area contributed by atoms with Gasteiger partial charge in [-0.05, 0) is 29.3 Å². The summed E-state index contributed by atoms with van der Waals surface area (Å²) in [5.41, 5.74) is 3.31. The van der Waals surface area contributed by atoms with Crippen LogP contribution in [0, 0.1) is 11.3 Å². The lowest BCUT2D eigenvalue weighted by Gasteiger charge is -1.96. The van der Waals surface area contributed by atoms with E-state index in [0.717, 1.165) is 17.4 Å². The minimum atomic E-state index is 0.648. The number of carbonyl (C=O) groups excluding carboxylic acids is 1. The maximum atomic E-state index is 10.6. The van der Waals surface area contributed by atoms with Gasteiger partial charge in [0.2, 0.25) is 0 Å². The topological polar surface area (TPSA) is 40.9 Å². The molecule has 0 bridgehead atoms. The molecule has 0 radical (unpaired) electrons. The summed E-state index contributed by atoms with van der Waals surface area (Å²) >= 11 is 0. The highest BCUT2D eigenvalue weighted by Gasteiger charge is 1.92. The van der Waals surface area contributed by atoms with Crippen LogP contribution in [0.4, 0.5) is 0 Å². The summed E-state index contributed by atoms with van der Waals surface area (Å²) < 4.78 is 0. The van der Waals surface area contributed by atoms with Crippen LogP contribution >= 0.6 is 0 Å². The molecule has 2 aromatic carbocycles. The van der Waals surface area contributed by atoms with Crippen LogP contribution in [0.25, 0.3) is 12.2 Å². The fourth-order valence-corrected chi connectivity index (χ4v) is 1.60. The van der Waals surface area contributed by atoms with Crippen LogP contribution in [0.2, 0.25) is 0 Å². The Labute approximate surface area is 106 Å². The van der Waals surface area contributed by atoms with Crippen molar-refractivity contribution in [2.75, 3.05) is 0 Å². The zero-order valence-electron chi connectivity index (χ0n) is 9.71. The first-order valence-corrected chi connectivity index (χ1v) is 5.55. The number of hydrogen-bond donors (Lipinski definition) is 0. The third-order valence-corrected chi connectivity index (χ3v) is 2.55. The van der Waals surface area contributed by atoms with Crippen molar-refractivity contribution in [2.45, 2.75) is 0 Å². The molecule has 2 heteroatoms. The quantitative estimate of drug-likeness (QED) is 0.601. The molecule has 0 aliphatic heterocycles. The Balaban J connectivity index is 2.19. The number of hydrogen-bond acceptors (Lipinski definition) is 2. The van der Waals surface area contributed by atoms with E-state index in [9.17, 15) is 4.79 Å². The van der Waals surface area contributed by atoms with Crippen LogP contribution in [-0.4, -0.2) is 6.29 Å². The minimum absolute atomic E-state index is 0.648. The van der Waals surface area contributed by atoms with Gasteiger partial charge in [0.25, 0.3) is 0 Å². The van der Waals surface area contributed by atoms with Crippen LogP contribution in [0.1, 0.15) is 27.0 Å². The molecule has 0 heterocycles. The first kappa shape index (κ1) is 11.8. The second-order valence-electron chi connectivity index (χ2n) is 3.86. The molecule has 0 amide bonds. The van der Waals surface area contributed by atoms with Gasteiger partial charge < -0.3 is 0 Å². The maximum Gasteiger partial charge on any atom is 0.150 e. The van der Waals surface area contributed by atoms with E-state index in [0.29, 0.717) is 11.1 Å². The fraction of sp³-hybridized carbons (Fsp3) is 0. The molecule has 0 fully saturated rings. The van der Waals surface area contributed by atoms with Crippen molar-refractivity contribution in [2.24, 2.45) is 0 Å². The van der Waals surface area contributed by atoms with Gasteiger partial charge in [-0.3, -0.25) is 4.79 Å². The Morgan fingerprint density at radius 3 is 2.22 bits per heavy atom. The van der Waals surface area contributed by atoms with Crippen LogP contribution in [0.3, 0.4) is 0 Å². The lowest BCUT2D eigenvalue weighted by molar-refractivity contribution is 0.112. The van der Waals surface area contributed by atoms with Gasteiger partial charge in [0.15, 0.2) is 0 Å². The number of carbonyl (C=O) groups is 1. The zero-order chi connectivity index (χ0) is 12.8. The molecule has 18 heavy (non-hydrogen) atoms. The number of nitriles is 1. The SMILES string of the molecule is N#Cc1ccc(C=Cc2cccc(C=O)c2)cc1. The molecule has 0 aliphatic carbocycles. The van der Waals surface area contributed by atoms with E-state index in [4.69, 9.17) is 5.26 Å². The van der Waals surface area contributed by atoms with Crippen LogP contribution in [0.5, 0.6) is 0 Å². The Hall–Kier alpha value is -2.66. The highest BCUT2D eigenvalue weighted by atomic mass is 16.1. The van der Waals surface area contributed by atoms with Gasteiger partial charge >= 0.3 is 0 Å². The Kier molecular flexibility index (Phi) is 3.68. The smallest absolute Gasteiger partial charge is 0.150 e. The first-order chi connectivity index (χ1) is 8.81. The lowest BCUT2D eigenvalue weighted by Crippen LogP contribution is -1.80. The van der Waals surface area contributed by atoms with E-state index >= 15 is 0 Å². The third-order valence-electron chi connectivity index (χ3n) is 2.55. The molecular weight excluding hydrogens is 222 g/mol. The molecule has 0 N–H and O–H groups in total. The molecule has 2 nitrogen and oxygen atoms in total. The summed E-state index contributed by atoms with van der Waals surface area (Å²) in [6.07, 6.45) is 4.72. The molecule has 0 atom stereocenters. The summed E-state index contributed by atoms with van der Waals surface area (Å²) in [4.78, 5) is 10.6. The normalized spacial score (nSPS) is 10.2. The van der Waals surface area contributed by atoms with Gasteiger partial charge in [-0.25, -0.2) is 0 Å². The highest BCUT2D eigenvalue weighted by molar-refractivity contribution is 5.78. The fourth-order valence-electron chi connectivity index (χ4n) is 1.60. The molecule has 0 aliphatic rings. The summed E-state index contributed by atoms with van der Waals surface area (Å²) in [6.45, 7) is 0. The summed E-state index contributed by atoms with van der Waals surface area (Å²) in [5, 5.41) is 8.69. The second kappa shape index (κ2) is 5.60. The largest absolute Gasteiger partial charge is 0.298 e. The Morgan fingerprint density at radius 2 is 1.56 bits per heavy atom. The number of rotatable bonds is 3. The van der Waals surface area contributed by atoms with Gasteiger partial charge in [0.05, 0.1) is 11.6 Å². The van der Waals surface area contributed by atoms with Crippen molar-refractivity contribution >= 4 is 18.4 Å². The van der Waals surface area contributed by atoms with Crippen molar-refractivity contribution in [3.05, 3.63) is 70.8 Å². The van der Waals surface area contributed by atoms with Crippen LogP contribution in [-0.2, 0) is 0 Å². The molecule has 0 spiro atoms. The monoisotopic (exact) mass is 233 g/mol. The van der Waals surface area contributed by atoms with E-state index in [1.54, 1.807) is 18.2 Å². The van der Waals surface area contributed by atoms with Crippen molar-refractivity contribution < 1.29 is 4.79 Å². The molecule has 2 aromatic rings. The predicted molar refractivity (Wildman–Crippen MR) is 71.9 cm³/mol. The Morgan fingerprint density at radius 1 is 0.889 bits per heavy atom. The number of aldehydes is 1. The van der Waals surface area contributed by atoms with Crippen molar-refractivity contribution in [3.8, 4) is 6.07 Å². The average molecular weight is 233 g/mol. The van der Waals surface area contributed by atoms with Gasteiger partial charge in [-0.15, -0.1) is 0 Å². The maximum absolute atomic E-state index is 10.6. The standard InChI is InChI=1S/C16H11NO/c17-11-15-8-5-13(6-9-15)4-7-14-2-1-3-16(10-14)12-18/h1-10,12H. The van der Waals surface area contributed by atoms with E-state index < -0.39 is 0 Å². The summed E-state index contributed by atoms with van der Waals surface area (Å²) in [7, 11) is 0. The van der Waals surface area contributed by atoms with Crippen LogP contribution < -0.4 is 0 Å². The van der Waals surface area contributed by atoms with E-state index in [2.05, 4.69) is 6.07 Å². The Bertz CT molecular complexity index is 618. The molecule has 0 aromatic heterocycles. The predicted octanol–water partition coefficient (Wildman–Crippen LogP) is 3.54. The molecule has 0 saturated carbocycles. The van der Waals surface area contributed by atoms with Crippen molar-refractivity contribution in [1.82, 2.24) is 0 Å². The highest BCUT2D eigenvalue weighted by Crippen LogP contribution is 2.10. The molecule has 2 rings (SSSR count). The van der Waals surface area contributed by atoms with Crippen LogP contribution in [0.15, 0.2) is 48.5 Å². The van der Waals surface area contributed by atoms with E-state index in [-0.39, 0.29) is 0 Å².